The molecule has 0 bridgehead atoms. The van der Waals surface area contributed by atoms with Crippen LogP contribution in [0.3, 0.4) is 0 Å². The number of hydrogen-bond donors (Lipinski definition) is 1. The zero-order chi connectivity index (χ0) is 22.5. The van der Waals surface area contributed by atoms with Crippen molar-refractivity contribution in [3.8, 4) is 11.5 Å². The number of nitrogens with one attached hydrogen (secondary N) is 1. The minimum absolute atomic E-state index is 0.0257. The Morgan fingerprint density at radius 3 is 2.31 bits per heavy atom. The second-order valence-corrected chi connectivity index (χ2v) is 7.53. The molecule has 8 nitrogen and oxygen atoms in total. The summed E-state index contributed by atoms with van der Waals surface area (Å²) in [5.41, 5.74) is 2.44. The average Bonchev–Trinajstić information content (AvgIpc) is 2.83. The number of carbonyl (C=O) groups is 1. The molecule has 166 valence electrons. The van der Waals surface area contributed by atoms with E-state index in [-0.39, 0.29) is 5.91 Å². The molecule has 0 saturated carbocycles. The van der Waals surface area contributed by atoms with Crippen LogP contribution in [0.15, 0.2) is 54.6 Å². The number of para-hydroxylation sites is 1. The van der Waals surface area contributed by atoms with Crippen molar-refractivity contribution in [2.45, 2.75) is 6.92 Å². The highest BCUT2D eigenvalue weighted by Gasteiger charge is 2.24. The van der Waals surface area contributed by atoms with E-state index >= 15 is 0 Å². The SMILES string of the molecule is COc1ccc(C(=O)N2CCN(c3nc(C)cc(Nc4ccccc4)n3)CC2)cc1OC. The van der Waals surface area contributed by atoms with Crippen molar-refractivity contribution >= 4 is 23.4 Å². The van der Waals surface area contributed by atoms with E-state index < -0.39 is 0 Å². The Bertz CT molecular complexity index is 1080. The number of aromatic nitrogens is 2. The van der Waals surface area contributed by atoms with Crippen molar-refractivity contribution in [2.24, 2.45) is 0 Å². The first-order valence-electron chi connectivity index (χ1n) is 10.5. The van der Waals surface area contributed by atoms with Gasteiger partial charge in [-0.3, -0.25) is 4.79 Å². The van der Waals surface area contributed by atoms with Crippen molar-refractivity contribution in [1.29, 1.82) is 0 Å². The molecule has 1 aliphatic rings. The molecule has 0 atom stereocenters. The Labute approximate surface area is 187 Å². The molecule has 2 aromatic carbocycles. The number of nitrogens with zero attached hydrogens (tertiary/aromatic N) is 4. The van der Waals surface area contributed by atoms with E-state index in [1.54, 1.807) is 32.4 Å². The number of aryl methyl sites for hydroxylation is 1. The van der Waals surface area contributed by atoms with Crippen LogP contribution in [0.1, 0.15) is 16.1 Å². The van der Waals surface area contributed by atoms with Gasteiger partial charge < -0.3 is 24.6 Å². The molecule has 0 unspecified atom stereocenters. The lowest BCUT2D eigenvalue weighted by molar-refractivity contribution is 0.0745. The summed E-state index contributed by atoms with van der Waals surface area (Å²) in [7, 11) is 3.14. The van der Waals surface area contributed by atoms with Crippen LogP contribution in [0, 0.1) is 6.92 Å². The second kappa shape index (κ2) is 9.55. The fourth-order valence-electron chi connectivity index (χ4n) is 3.69. The fourth-order valence-corrected chi connectivity index (χ4v) is 3.69. The minimum atomic E-state index is -0.0257. The van der Waals surface area contributed by atoms with Crippen LogP contribution in [0.5, 0.6) is 11.5 Å². The summed E-state index contributed by atoms with van der Waals surface area (Å²) in [6.45, 7) is 4.45. The van der Waals surface area contributed by atoms with Gasteiger partial charge in [0, 0.05) is 49.2 Å². The third-order valence-electron chi connectivity index (χ3n) is 5.37. The number of methoxy groups -OCH3 is 2. The molecule has 3 aromatic rings. The zero-order valence-electron chi connectivity index (χ0n) is 18.5. The van der Waals surface area contributed by atoms with E-state index in [9.17, 15) is 4.79 Å². The summed E-state index contributed by atoms with van der Waals surface area (Å²) < 4.78 is 10.6. The van der Waals surface area contributed by atoms with Gasteiger partial charge in [0.15, 0.2) is 11.5 Å². The molecular formula is C24H27N5O3. The van der Waals surface area contributed by atoms with Crippen LogP contribution >= 0.6 is 0 Å². The summed E-state index contributed by atoms with van der Waals surface area (Å²) in [6, 6.07) is 17.1. The molecule has 32 heavy (non-hydrogen) atoms. The van der Waals surface area contributed by atoms with Crippen molar-refractivity contribution in [2.75, 3.05) is 50.6 Å². The minimum Gasteiger partial charge on any atom is -0.493 e. The van der Waals surface area contributed by atoms with Gasteiger partial charge in [0.2, 0.25) is 5.95 Å². The number of hydrogen-bond acceptors (Lipinski definition) is 7. The van der Waals surface area contributed by atoms with Gasteiger partial charge in [0.25, 0.3) is 5.91 Å². The number of carbonyl (C=O) groups excluding carboxylic acids is 1. The van der Waals surface area contributed by atoms with Crippen LogP contribution in [-0.2, 0) is 0 Å². The van der Waals surface area contributed by atoms with Crippen molar-refractivity contribution in [1.82, 2.24) is 14.9 Å². The third-order valence-corrected chi connectivity index (χ3v) is 5.37. The average molecular weight is 434 g/mol. The summed E-state index contributed by atoms with van der Waals surface area (Å²) in [4.78, 5) is 26.3. The maximum absolute atomic E-state index is 13.0. The van der Waals surface area contributed by atoms with Gasteiger partial charge in [-0.15, -0.1) is 0 Å². The Balaban J connectivity index is 1.43. The van der Waals surface area contributed by atoms with Crippen LogP contribution in [0.2, 0.25) is 0 Å². The van der Waals surface area contributed by atoms with E-state index in [2.05, 4.69) is 15.2 Å². The normalized spacial score (nSPS) is 13.6. The topological polar surface area (TPSA) is 79.8 Å². The first kappa shape index (κ1) is 21.4. The standard InChI is InChI=1S/C24H27N5O3/c1-17-15-22(26-19-7-5-4-6-8-19)27-24(25-17)29-13-11-28(12-14-29)23(30)18-9-10-20(31-2)21(16-18)32-3/h4-10,15-16H,11-14H2,1-3H3,(H,25,26,27). The van der Waals surface area contributed by atoms with E-state index in [4.69, 9.17) is 14.5 Å². The molecule has 1 aliphatic heterocycles. The van der Waals surface area contributed by atoms with Gasteiger partial charge in [-0.25, -0.2) is 4.98 Å². The lowest BCUT2D eigenvalue weighted by atomic mass is 10.1. The maximum atomic E-state index is 13.0. The molecular weight excluding hydrogens is 406 g/mol. The van der Waals surface area contributed by atoms with Crippen LogP contribution in [0.25, 0.3) is 0 Å². The van der Waals surface area contributed by atoms with Crippen molar-refractivity contribution in [3.05, 3.63) is 65.9 Å². The third kappa shape index (κ3) is 4.74. The largest absolute Gasteiger partial charge is 0.493 e. The molecule has 0 radical (unpaired) electrons. The lowest BCUT2D eigenvalue weighted by Crippen LogP contribution is -2.49. The Morgan fingerprint density at radius 1 is 0.906 bits per heavy atom. The summed E-state index contributed by atoms with van der Waals surface area (Å²) in [5, 5.41) is 3.33. The Morgan fingerprint density at radius 2 is 1.62 bits per heavy atom. The summed E-state index contributed by atoms with van der Waals surface area (Å²) in [5.74, 6) is 2.54. The zero-order valence-corrected chi connectivity index (χ0v) is 18.5. The molecule has 2 heterocycles. The van der Waals surface area contributed by atoms with Crippen molar-refractivity contribution in [3.63, 3.8) is 0 Å². The van der Waals surface area contributed by atoms with Gasteiger partial charge in [0.05, 0.1) is 14.2 Å². The Kier molecular flexibility index (Phi) is 6.39. The molecule has 0 spiro atoms. The molecule has 1 aromatic heterocycles. The van der Waals surface area contributed by atoms with Crippen LogP contribution < -0.4 is 19.7 Å². The van der Waals surface area contributed by atoms with Gasteiger partial charge in [-0.1, -0.05) is 18.2 Å². The van der Waals surface area contributed by atoms with Crippen molar-refractivity contribution < 1.29 is 14.3 Å². The van der Waals surface area contributed by atoms with E-state index in [0.717, 1.165) is 17.2 Å². The van der Waals surface area contributed by atoms with Gasteiger partial charge >= 0.3 is 0 Å². The van der Waals surface area contributed by atoms with Gasteiger partial charge in [0.1, 0.15) is 5.82 Å². The number of benzene rings is 2. The first-order chi connectivity index (χ1) is 15.6. The van der Waals surface area contributed by atoms with E-state index in [1.807, 2.05) is 48.2 Å². The van der Waals surface area contributed by atoms with Crippen LogP contribution in [0.4, 0.5) is 17.5 Å². The number of anilines is 3. The first-order valence-corrected chi connectivity index (χ1v) is 10.5. The highest BCUT2D eigenvalue weighted by Crippen LogP contribution is 2.28. The number of rotatable bonds is 6. The monoisotopic (exact) mass is 433 g/mol. The van der Waals surface area contributed by atoms with Gasteiger partial charge in [-0.05, 0) is 37.3 Å². The fraction of sp³-hybridized carbons (Fsp3) is 0.292. The molecule has 0 aliphatic carbocycles. The lowest BCUT2D eigenvalue weighted by Gasteiger charge is -2.35. The van der Waals surface area contributed by atoms with E-state index in [1.165, 1.54) is 0 Å². The highest BCUT2D eigenvalue weighted by molar-refractivity contribution is 5.95. The Hall–Kier alpha value is -3.81. The predicted octanol–water partition coefficient (Wildman–Crippen LogP) is 3.51. The molecule has 1 N–H and O–H groups in total. The van der Waals surface area contributed by atoms with Gasteiger partial charge in [-0.2, -0.15) is 4.98 Å². The quantitative estimate of drug-likeness (QED) is 0.637. The summed E-state index contributed by atoms with van der Waals surface area (Å²) >= 11 is 0. The molecule has 4 rings (SSSR count). The van der Waals surface area contributed by atoms with Crippen LogP contribution in [-0.4, -0.2) is 61.2 Å². The number of piperazine rings is 1. The molecule has 1 saturated heterocycles. The smallest absolute Gasteiger partial charge is 0.254 e. The molecule has 1 amide bonds. The molecule has 1 fully saturated rings. The second-order valence-electron chi connectivity index (χ2n) is 7.53. The maximum Gasteiger partial charge on any atom is 0.254 e. The van der Waals surface area contributed by atoms with E-state index in [0.29, 0.717) is 49.2 Å². The number of ether oxygens (including phenoxy) is 2. The molecule has 8 heteroatoms. The highest BCUT2D eigenvalue weighted by atomic mass is 16.5. The predicted molar refractivity (Wildman–Crippen MR) is 124 cm³/mol. The summed E-state index contributed by atoms with van der Waals surface area (Å²) in [6.07, 6.45) is 0. The number of amides is 1.